The highest BCUT2D eigenvalue weighted by atomic mass is 19.3. The molecule has 0 fully saturated rings. The van der Waals surface area contributed by atoms with Crippen LogP contribution in [0.4, 0.5) is 14.5 Å². The van der Waals surface area contributed by atoms with Crippen molar-refractivity contribution in [2.24, 2.45) is 0 Å². The fourth-order valence-corrected chi connectivity index (χ4v) is 2.06. The zero-order valence-corrected chi connectivity index (χ0v) is 12.0. The first-order valence-corrected chi connectivity index (χ1v) is 6.41. The van der Waals surface area contributed by atoms with Crippen molar-refractivity contribution in [1.82, 2.24) is 14.8 Å². The fraction of sp³-hybridized carbons (Fsp3) is 0.357. The molecule has 2 rings (SSSR count). The maximum Gasteiger partial charge on any atom is 0.261 e. The molecule has 0 aromatic carbocycles. The van der Waals surface area contributed by atoms with Crippen LogP contribution in [0.3, 0.4) is 0 Å². The van der Waals surface area contributed by atoms with Gasteiger partial charge in [0, 0.05) is 19.4 Å². The number of anilines is 1. The summed E-state index contributed by atoms with van der Waals surface area (Å²) in [6, 6.07) is 1.80. The lowest BCUT2D eigenvalue weighted by Crippen LogP contribution is -2.27. The average molecular weight is 294 g/mol. The first kappa shape index (κ1) is 15.1. The third kappa shape index (κ3) is 3.24. The van der Waals surface area contributed by atoms with E-state index in [-0.39, 0.29) is 5.91 Å². The van der Waals surface area contributed by atoms with Crippen molar-refractivity contribution in [2.45, 2.75) is 26.8 Å². The average Bonchev–Trinajstić information content (AvgIpc) is 2.77. The van der Waals surface area contributed by atoms with Gasteiger partial charge < -0.3 is 4.90 Å². The van der Waals surface area contributed by atoms with E-state index in [9.17, 15) is 13.6 Å². The molecule has 0 N–H and O–H groups in total. The SMILES string of the molecule is Cc1ccncc1N(C)C(=O)c1cn(CC(F)F)nc1C. The molecule has 0 aliphatic heterocycles. The van der Waals surface area contributed by atoms with Crippen molar-refractivity contribution in [2.75, 3.05) is 11.9 Å². The minimum atomic E-state index is -2.51. The van der Waals surface area contributed by atoms with Gasteiger partial charge in [0.1, 0.15) is 6.54 Å². The van der Waals surface area contributed by atoms with Gasteiger partial charge in [-0.25, -0.2) is 8.78 Å². The van der Waals surface area contributed by atoms with Gasteiger partial charge in [-0.2, -0.15) is 5.10 Å². The summed E-state index contributed by atoms with van der Waals surface area (Å²) in [5, 5.41) is 3.94. The molecule has 2 heterocycles. The Balaban J connectivity index is 2.28. The van der Waals surface area contributed by atoms with Gasteiger partial charge >= 0.3 is 0 Å². The van der Waals surface area contributed by atoms with Gasteiger partial charge in [-0.05, 0) is 25.5 Å². The Kier molecular flexibility index (Phi) is 4.30. The second kappa shape index (κ2) is 5.99. The van der Waals surface area contributed by atoms with E-state index < -0.39 is 13.0 Å². The number of hydrogen-bond acceptors (Lipinski definition) is 3. The standard InChI is InChI=1S/C14H16F2N4O/c1-9-4-5-17-6-12(9)19(3)14(21)11-7-20(8-13(15)16)18-10(11)2/h4-7,13H,8H2,1-3H3. The van der Waals surface area contributed by atoms with E-state index in [1.54, 1.807) is 32.4 Å². The molecule has 1 amide bonds. The van der Waals surface area contributed by atoms with Gasteiger partial charge in [0.15, 0.2) is 0 Å². The monoisotopic (exact) mass is 294 g/mol. The Hall–Kier alpha value is -2.31. The summed E-state index contributed by atoms with van der Waals surface area (Å²) in [7, 11) is 1.62. The molecule has 0 atom stereocenters. The van der Waals surface area contributed by atoms with Gasteiger partial charge in [-0.15, -0.1) is 0 Å². The second-order valence-corrected chi connectivity index (χ2v) is 4.77. The molecule has 7 heteroatoms. The smallest absolute Gasteiger partial charge is 0.261 e. The third-order valence-electron chi connectivity index (χ3n) is 3.18. The molecule has 0 bridgehead atoms. The zero-order chi connectivity index (χ0) is 15.6. The lowest BCUT2D eigenvalue weighted by atomic mass is 10.2. The molecule has 0 saturated heterocycles. The highest BCUT2D eigenvalue weighted by Crippen LogP contribution is 2.20. The second-order valence-electron chi connectivity index (χ2n) is 4.77. The van der Waals surface area contributed by atoms with Crippen LogP contribution in [0.15, 0.2) is 24.7 Å². The Morgan fingerprint density at radius 1 is 1.43 bits per heavy atom. The zero-order valence-electron chi connectivity index (χ0n) is 12.0. The molecule has 21 heavy (non-hydrogen) atoms. The molecular weight excluding hydrogens is 278 g/mol. The number of aryl methyl sites for hydroxylation is 2. The molecule has 5 nitrogen and oxygen atoms in total. The van der Waals surface area contributed by atoms with E-state index in [1.165, 1.54) is 11.1 Å². The van der Waals surface area contributed by atoms with E-state index in [1.807, 2.05) is 6.92 Å². The van der Waals surface area contributed by atoms with Gasteiger partial charge in [0.05, 0.1) is 23.1 Å². The maximum atomic E-state index is 12.5. The van der Waals surface area contributed by atoms with E-state index in [4.69, 9.17) is 0 Å². The predicted molar refractivity (Wildman–Crippen MR) is 74.7 cm³/mol. The largest absolute Gasteiger partial charge is 0.310 e. The van der Waals surface area contributed by atoms with Gasteiger partial charge in [-0.3, -0.25) is 14.5 Å². The Morgan fingerprint density at radius 3 is 2.76 bits per heavy atom. The van der Waals surface area contributed by atoms with E-state index in [0.29, 0.717) is 16.9 Å². The van der Waals surface area contributed by atoms with Crippen LogP contribution in [-0.2, 0) is 6.54 Å². The minimum Gasteiger partial charge on any atom is -0.310 e. The van der Waals surface area contributed by atoms with Crippen molar-refractivity contribution in [3.05, 3.63) is 41.5 Å². The number of amides is 1. The van der Waals surface area contributed by atoms with Crippen molar-refractivity contribution in [1.29, 1.82) is 0 Å². The highest BCUT2D eigenvalue weighted by Gasteiger charge is 2.20. The number of hydrogen-bond donors (Lipinski definition) is 0. The molecule has 0 spiro atoms. The number of pyridine rings is 1. The Bertz CT molecular complexity index is 654. The van der Waals surface area contributed by atoms with E-state index in [2.05, 4.69) is 10.1 Å². The first-order valence-electron chi connectivity index (χ1n) is 6.41. The van der Waals surface area contributed by atoms with Gasteiger partial charge in [0.25, 0.3) is 12.3 Å². The molecule has 0 radical (unpaired) electrons. The van der Waals surface area contributed by atoms with Crippen LogP contribution in [0.25, 0.3) is 0 Å². The first-order chi connectivity index (χ1) is 9.90. The molecule has 112 valence electrons. The summed E-state index contributed by atoms with van der Waals surface area (Å²) >= 11 is 0. The van der Waals surface area contributed by atoms with E-state index in [0.717, 1.165) is 10.2 Å². The highest BCUT2D eigenvalue weighted by molar-refractivity contribution is 6.06. The Morgan fingerprint density at radius 2 is 2.14 bits per heavy atom. The van der Waals surface area contributed by atoms with Crippen LogP contribution in [0.2, 0.25) is 0 Å². The summed E-state index contributed by atoms with van der Waals surface area (Å²) in [4.78, 5) is 17.9. The molecule has 2 aromatic heterocycles. The minimum absolute atomic E-state index is 0.302. The van der Waals surface area contributed by atoms with Crippen LogP contribution in [0.1, 0.15) is 21.6 Å². The number of alkyl halides is 2. The van der Waals surface area contributed by atoms with Crippen LogP contribution in [-0.4, -0.2) is 34.1 Å². The van der Waals surface area contributed by atoms with Crippen LogP contribution in [0.5, 0.6) is 0 Å². The summed E-state index contributed by atoms with van der Waals surface area (Å²) in [6.07, 6.45) is 2.08. The van der Waals surface area contributed by atoms with Crippen molar-refractivity contribution in [3.63, 3.8) is 0 Å². The summed E-state index contributed by atoms with van der Waals surface area (Å²) < 4.78 is 25.8. The number of rotatable bonds is 4. The number of nitrogens with zero attached hydrogens (tertiary/aromatic N) is 4. The third-order valence-corrected chi connectivity index (χ3v) is 3.18. The molecular formula is C14H16F2N4O. The predicted octanol–water partition coefficient (Wildman–Crippen LogP) is 2.44. The molecule has 0 saturated carbocycles. The van der Waals surface area contributed by atoms with Crippen LogP contribution in [0, 0.1) is 13.8 Å². The maximum absolute atomic E-state index is 12.5. The van der Waals surface area contributed by atoms with Crippen LogP contribution < -0.4 is 4.90 Å². The molecule has 0 aliphatic rings. The van der Waals surface area contributed by atoms with Crippen molar-refractivity contribution < 1.29 is 13.6 Å². The molecule has 0 unspecified atom stereocenters. The molecule has 2 aromatic rings. The Labute approximate surface area is 121 Å². The van der Waals surface area contributed by atoms with E-state index >= 15 is 0 Å². The number of carbonyl (C=O) groups is 1. The van der Waals surface area contributed by atoms with Crippen molar-refractivity contribution >= 4 is 11.6 Å². The number of halogens is 2. The lowest BCUT2D eigenvalue weighted by Gasteiger charge is -2.18. The number of carbonyl (C=O) groups excluding carboxylic acids is 1. The quantitative estimate of drug-likeness (QED) is 0.870. The van der Waals surface area contributed by atoms with Gasteiger partial charge in [0.2, 0.25) is 0 Å². The summed E-state index contributed by atoms with van der Waals surface area (Å²) in [6.45, 7) is 2.97. The fourth-order valence-electron chi connectivity index (χ4n) is 2.06. The number of aromatic nitrogens is 3. The summed E-state index contributed by atoms with van der Waals surface area (Å²) in [5.41, 5.74) is 2.30. The van der Waals surface area contributed by atoms with Crippen molar-refractivity contribution in [3.8, 4) is 0 Å². The lowest BCUT2D eigenvalue weighted by molar-refractivity contribution is 0.0990. The molecule has 0 aliphatic carbocycles. The summed E-state index contributed by atoms with van der Waals surface area (Å²) in [5.74, 6) is -0.302. The topological polar surface area (TPSA) is 51.0 Å². The normalized spacial score (nSPS) is 11.0. The van der Waals surface area contributed by atoms with Gasteiger partial charge in [-0.1, -0.05) is 0 Å². The van der Waals surface area contributed by atoms with Crippen LogP contribution >= 0.6 is 0 Å².